The van der Waals surface area contributed by atoms with Crippen LogP contribution in [0.4, 0.5) is 0 Å². The van der Waals surface area contributed by atoms with Gasteiger partial charge in [-0.1, -0.05) is 86.1 Å². The Bertz CT molecular complexity index is 2090. The van der Waals surface area contributed by atoms with Gasteiger partial charge in [-0.05, 0) is 181 Å². The molecule has 12 rings (SSSR count). The van der Waals surface area contributed by atoms with Gasteiger partial charge in [0.1, 0.15) is 0 Å². The first-order valence-electron chi connectivity index (χ1n) is 20.7. The Morgan fingerprint density at radius 2 is 0.926 bits per heavy atom. The van der Waals surface area contributed by atoms with E-state index in [1.165, 1.54) is 99.3 Å². The molecule has 0 heteroatoms. The van der Waals surface area contributed by atoms with Crippen LogP contribution in [0.15, 0.2) is 85.0 Å². The van der Waals surface area contributed by atoms with Crippen molar-refractivity contribution in [3.8, 4) is 49.4 Å². The number of hydrogen-bond donors (Lipinski definition) is 0. The smallest absolute Gasteiger partial charge is 0.0257 e. The van der Waals surface area contributed by atoms with E-state index in [4.69, 9.17) is 25.7 Å². The lowest BCUT2D eigenvalue weighted by atomic mass is 9.29. The molecule has 0 aromatic heterocycles. The summed E-state index contributed by atoms with van der Waals surface area (Å²) in [6.07, 6.45) is 48.2. The number of hydrogen-bond acceptors (Lipinski definition) is 0. The normalized spacial score (nSPS) is 38.9. The molecule has 8 bridgehead atoms. The van der Waals surface area contributed by atoms with E-state index in [0.29, 0.717) is 23.7 Å². The fourth-order valence-electron chi connectivity index (χ4n) is 15.6. The van der Waals surface area contributed by atoms with Crippen molar-refractivity contribution in [1.82, 2.24) is 0 Å². The van der Waals surface area contributed by atoms with Gasteiger partial charge in [0.15, 0.2) is 0 Å². The highest BCUT2D eigenvalue weighted by atomic mass is 14.8. The highest BCUT2D eigenvalue weighted by molar-refractivity contribution is 5.75. The molecule has 3 aromatic carbocycles. The Hall–Kier alpha value is -4.62. The van der Waals surface area contributed by atoms with Gasteiger partial charge in [-0.15, -0.1) is 25.7 Å². The molecule has 0 heterocycles. The van der Waals surface area contributed by atoms with E-state index in [2.05, 4.69) is 110 Å². The molecule has 4 unspecified atom stereocenters. The fourth-order valence-corrected chi connectivity index (χ4v) is 15.6. The maximum absolute atomic E-state index is 6.10. The number of terminal acetylenes is 4. The highest BCUT2D eigenvalue weighted by Crippen LogP contribution is 2.81. The van der Waals surface area contributed by atoms with E-state index in [1.54, 1.807) is 0 Å². The Morgan fingerprint density at radius 3 is 1.31 bits per heavy atom. The van der Waals surface area contributed by atoms with Crippen molar-refractivity contribution in [2.75, 3.05) is 0 Å². The van der Waals surface area contributed by atoms with Crippen LogP contribution in [0, 0.1) is 94.7 Å². The highest BCUT2D eigenvalue weighted by Gasteiger charge is 2.73. The summed E-state index contributed by atoms with van der Waals surface area (Å²) in [5.74, 6) is 14.7. The van der Waals surface area contributed by atoms with Crippen molar-refractivity contribution in [3.05, 3.63) is 124 Å². The Balaban J connectivity index is 1.21. The number of rotatable bonds is 5. The SMILES string of the molecule is C#Cc1cc(C#C)cc(C23CC4CC(C2)CC(C2(C56CC7CC(CC(c8cc(C#C)cc(C#C)c8)(C7)C5)C6)C=CC(C)(C)C(c5ccccc5)=C2)(C4)C3)c1. The monoisotopic (exact) mass is 700 g/mol. The van der Waals surface area contributed by atoms with E-state index >= 15 is 0 Å². The molecule has 8 saturated carbocycles. The third-order valence-electron chi connectivity index (χ3n) is 16.5. The van der Waals surface area contributed by atoms with Crippen LogP contribution in [0.5, 0.6) is 0 Å². The van der Waals surface area contributed by atoms with Crippen molar-refractivity contribution < 1.29 is 0 Å². The van der Waals surface area contributed by atoms with Crippen LogP contribution >= 0.6 is 0 Å². The molecule has 3 aromatic rings. The molecule has 0 aliphatic heterocycles. The maximum Gasteiger partial charge on any atom is 0.0257 e. The van der Waals surface area contributed by atoms with Crippen LogP contribution in [0.1, 0.15) is 130 Å². The van der Waals surface area contributed by atoms with Gasteiger partial charge in [-0.2, -0.15) is 0 Å². The number of benzene rings is 3. The first-order chi connectivity index (χ1) is 26.0. The van der Waals surface area contributed by atoms with Gasteiger partial charge >= 0.3 is 0 Å². The molecule has 268 valence electrons. The van der Waals surface area contributed by atoms with Crippen molar-refractivity contribution >= 4 is 5.57 Å². The van der Waals surface area contributed by atoms with Gasteiger partial charge in [0.2, 0.25) is 0 Å². The minimum atomic E-state index is -0.0932. The van der Waals surface area contributed by atoms with Crippen molar-refractivity contribution in [2.45, 2.75) is 102 Å². The zero-order valence-corrected chi connectivity index (χ0v) is 32.2. The molecule has 54 heavy (non-hydrogen) atoms. The van der Waals surface area contributed by atoms with Gasteiger partial charge in [-0.25, -0.2) is 0 Å². The lowest BCUT2D eigenvalue weighted by molar-refractivity contribution is -0.200. The van der Waals surface area contributed by atoms with Crippen molar-refractivity contribution in [2.24, 2.45) is 45.3 Å². The summed E-state index contributed by atoms with van der Waals surface area (Å²) in [5.41, 5.74) is 9.65. The van der Waals surface area contributed by atoms with Crippen molar-refractivity contribution in [1.29, 1.82) is 0 Å². The van der Waals surface area contributed by atoms with Gasteiger partial charge in [-0.3, -0.25) is 0 Å². The maximum atomic E-state index is 6.10. The van der Waals surface area contributed by atoms with Gasteiger partial charge < -0.3 is 0 Å². The van der Waals surface area contributed by atoms with Crippen LogP contribution < -0.4 is 0 Å². The summed E-state index contributed by atoms with van der Waals surface area (Å²) in [6, 6.07) is 24.7. The average Bonchev–Trinajstić information content (AvgIpc) is 3.16. The third kappa shape index (κ3) is 4.69. The summed E-state index contributed by atoms with van der Waals surface area (Å²) in [7, 11) is 0. The summed E-state index contributed by atoms with van der Waals surface area (Å²) < 4.78 is 0. The Labute approximate surface area is 324 Å². The molecule has 0 saturated heterocycles. The van der Waals surface area contributed by atoms with Gasteiger partial charge in [0, 0.05) is 33.1 Å². The third-order valence-corrected chi connectivity index (χ3v) is 16.5. The Morgan fingerprint density at radius 1 is 0.519 bits per heavy atom. The second-order valence-corrected chi connectivity index (χ2v) is 20.1. The Kier molecular flexibility index (Phi) is 7.19. The van der Waals surface area contributed by atoms with E-state index in [0.717, 1.165) is 22.3 Å². The summed E-state index contributed by atoms with van der Waals surface area (Å²) >= 11 is 0. The zero-order chi connectivity index (χ0) is 37.1. The molecule has 9 aliphatic rings. The molecular formula is C54H52. The van der Waals surface area contributed by atoms with Gasteiger partial charge in [0.05, 0.1) is 0 Å². The second-order valence-electron chi connectivity index (χ2n) is 20.1. The lowest BCUT2D eigenvalue weighted by Gasteiger charge is -2.75. The first-order valence-corrected chi connectivity index (χ1v) is 20.7. The van der Waals surface area contributed by atoms with Crippen LogP contribution in [0.3, 0.4) is 0 Å². The van der Waals surface area contributed by atoms with E-state index in [-0.39, 0.29) is 32.5 Å². The van der Waals surface area contributed by atoms with E-state index in [9.17, 15) is 0 Å². The average molecular weight is 701 g/mol. The minimum Gasteiger partial charge on any atom is -0.115 e. The molecule has 8 fully saturated rings. The fraction of sp³-hybridized carbons (Fsp3) is 0.444. The van der Waals surface area contributed by atoms with E-state index < -0.39 is 0 Å². The van der Waals surface area contributed by atoms with E-state index in [1.807, 2.05) is 12.1 Å². The zero-order valence-electron chi connectivity index (χ0n) is 32.2. The molecule has 0 nitrogen and oxygen atoms in total. The standard InChI is InChI=1S/C54H52/c1-7-37-18-38(8-2)23-46(22-37)50-26-41-20-42(27-50)31-52(30-41,35-50)54(17-16-49(5,6)48(34-54)45-14-12-11-13-15-45)53-32-43-21-44(33-53)29-51(28-43,36-53)47-24-39(9-3)19-40(10-4)25-47/h1-4,11-19,22-25,34,41-44H,20-21,26-33,35-36H2,5-6H3. The van der Waals surface area contributed by atoms with Gasteiger partial charge in [0.25, 0.3) is 0 Å². The van der Waals surface area contributed by atoms with Crippen LogP contribution in [0.2, 0.25) is 0 Å². The topological polar surface area (TPSA) is 0 Å². The lowest BCUT2D eigenvalue weighted by Crippen LogP contribution is -2.67. The first kappa shape index (κ1) is 33.9. The molecular weight excluding hydrogens is 649 g/mol. The summed E-state index contributed by atoms with van der Waals surface area (Å²) in [4.78, 5) is 0. The summed E-state index contributed by atoms with van der Waals surface area (Å²) in [5, 5.41) is 0. The molecule has 0 amide bonds. The minimum absolute atomic E-state index is 0.0730. The molecule has 4 atom stereocenters. The predicted molar refractivity (Wildman–Crippen MR) is 222 cm³/mol. The molecule has 0 spiro atoms. The number of allylic oxidation sites excluding steroid dienone is 4. The molecule has 0 radical (unpaired) electrons. The summed E-state index contributed by atoms with van der Waals surface area (Å²) in [6.45, 7) is 4.88. The van der Waals surface area contributed by atoms with Crippen LogP contribution in [-0.2, 0) is 10.8 Å². The predicted octanol–water partition coefficient (Wildman–Crippen LogP) is 11.7. The van der Waals surface area contributed by atoms with Crippen molar-refractivity contribution in [3.63, 3.8) is 0 Å². The van der Waals surface area contributed by atoms with Crippen LogP contribution in [0.25, 0.3) is 5.57 Å². The largest absolute Gasteiger partial charge is 0.115 e. The molecule has 0 N–H and O–H groups in total. The quantitative estimate of drug-likeness (QED) is 0.184. The second kappa shape index (κ2) is 11.5. The molecule has 9 aliphatic carbocycles. The van der Waals surface area contributed by atoms with Crippen LogP contribution in [-0.4, -0.2) is 0 Å².